The SMILES string of the molecule is CC1CCCCC1(NC(=O)c1cc(O)[nH]c(=O)c1)C(=O)O. The summed E-state index contributed by atoms with van der Waals surface area (Å²) in [5, 5.41) is 21.4. The van der Waals surface area contributed by atoms with Crippen molar-refractivity contribution in [1.82, 2.24) is 10.3 Å². The molecular formula is C14H18N2O5. The summed E-state index contributed by atoms with van der Waals surface area (Å²) in [7, 11) is 0. The van der Waals surface area contributed by atoms with E-state index in [0.29, 0.717) is 12.8 Å². The molecule has 1 aliphatic carbocycles. The van der Waals surface area contributed by atoms with Crippen LogP contribution >= 0.6 is 0 Å². The van der Waals surface area contributed by atoms with Crippen LogP contribution in [-0.4, -0.2) is 32.6 Å². The number of aliphatic carboxylic acids is 1. The molecule has 1 fully saturated rings. The number of carboxylic acid groups (broad SMARTS) is 1. The number of hydrogen-bond donors (Lipinski definition) is 4. The fourth-order valence-electron chi connectivity index (χ4n) is 2.84. The van der Waals surface area contributed by atoms with Crippen molar-refractivity contribution in [2.24, 2.45) is 5.92 Å². The number of nitrogens with one attached hydrogen (secondary N) is 2. The zero-order valence-corrected chi connectivity index (χ0v) is 11.7. The molecule has 0 bridgehead atoms. The van der Waals surface area contributed by atoms with E-state index in [1.54, 1.807) is 6.92 Å². The number of carbonyl (C=O) groups excluding carboxylic acids is 1. The highest BCUT2D eigenvalue weighted by Gasteiger charge is 2.46. The maximum Gasteiger partial charge on any atom is 0.329 e. The molecule has 2 rings (SSSR count). The molecule has 0 radical (unpaired) electrons. The zero-order chi connectivity index (χ0) is 15.6. The van der Waals surface area contributed by atoms with Crippen LogP contribution in [0.15, 0.2) is 16.9 Å². The predicted octanol–water partition coefficient (Wildman–Crippen LogP) is 0.844. The first-order valence-electron chi connectivity index (χ1n) is 6.84. The van der Waals surface area contributed by atoms with E-state index in [-0.39, 0.29) is 11.5 Å². The van der Waals surface area contributed by atoms with Gasteiger partial charge in [-0.25, -0.2) is 4.79 Å². The van der Waals surface area contributed by atoms with Gasteiger partial charge in [0, 0.05) is 12.1 Å². The topological polar surface area (TPSA) is 119 Å². The minimum Gasteiger partial charge on any atom is -0.494 e. The second-order valence-corrected chi connectivity index (χ2v) is 5.50. The summed E-state index contributed by atoms with van der Waals surface area (Å²) >= 11 is 0. The van der Waals surface area contributed by atoms with Gasteiger partial charge in [0.05, 0.1) is 5.56 Å². The molecule has 2 atom stereocenters. The number of carboxylic acids is 1. The largest absolute Gasteiger partial charge is 0.494 e. The lowest BCUT2D eigenvalue weighted by atomic mass is 9.73. The van der Waals surface area contributed by atoms with Crippen molar-refractivity contribution in [3.05, 3.63) is 28.0 Å². The molecule has 0 spiro atoms. The average molecular weight is 294 g/mol. The molecule has 1 amide bonds. The summed E-state index contributed by atoms with van der Waals surface area (Å²) in [6.07, 6.45) is 2.72. The third-order valence-electron chi connectivity index (χ3n) is 4.11. The molecule has 21 heavy (non-hydrogen) atoms. The first-order valence-corrected chi connectivity index (χ1v) is 6.84. The third-order valence-corrected chi connectivity index (χ3v) is 4.11. The van der Waals surface area contributed by atoms with Gasteiger partial charge in [-0.2, -0.15) is 0 Å². The molecule has 0 aromatic carbocycles. The van der Waals surface area contributed by atoms with Gasteiger partial charge in [0.25, 0.3) is 11.5 Å². The Balaban J connectivity index is 2.30. The van der Waals surface area contributed by atoms with E-state index in [0.717, 1.165) is 25.0 Å². The lowest BCUT2D eigenvalue weighted by molar-refractivity contribution is -0.148. The van der Waals surface area contributed by atoms with Crippen molar-refractivity contribution in [2.75, 3.05) is 0 Å². The zero-order valence-electron chi connectivity index (χ0n) is 11.7. The van der Waals surface area contributed by atoms with E-state index in [2.05, 4.69) is 10.3 Å². The Morgan fingerprint density at radius 3 is 2.67 bits per heavy atom. The van der Waals surface area contributed by atoms with Gasteiger partial charge in [0.1, 0.15) is 5.54 Å². The lowest BCUT2D eigenvalue weighted by Gasteiger charge is -2.39. The van der Waals surface area contributed by atoms with Crippen molar-refractivity contribution >= 4 is 11.9 Å². The van der Waals surface area contributed by atoms with E-state index in [9.17, 15) is 24.6 Å². The molecule has 0 aliphatic heterocycles. The van der Waals surface area contributed by atoms with E-state index >= 15 is 0 Å². The second kappa shape index (κ2) is 5.59. The van der Waals surface area contributed by atoms with Crippen LogP contribution in [0.2, 0.25) is 0 Å². The molecule has 2 unspecified atom stereocenters. The van der Waals surface area contributed by atoms with Crippen LogP contribution in [-0.2, 0) is 4.79 Å². The maximum atomic E-state index is 12.2. The molecular weight excluding hydrogens is 276 g/mol. The number of aromatic nitrogens is 1. The molecule has 1 aromatic rings. The summed E-state index contributed by atoms with van der Waals surface area (Å²) < 4.78 is 0. The maximum absolute atomic E-state index is 12.2. The van der Waals surface area contributed by atoms with Gasteiger partial charge >= 0.3 is 5.97 Å². The van der Waals surface area contributed by atoms with E-state index in [1.165, 1.54) is 0 Å². The Hall–Kier alpha value is -2.31. The average Bonchev–Trinajstić information content (AvgIpc) is 2.40. The summed E-state index contributed by atoms with van der Waals surface area (Å²) in [4.78, 5) is 37.3. The van der Waals surface area contributed by atoms with Crippen LogP contribution in [0.1, 0.15) is 43.0 Å². The minimum absolute atomic E-state index is 0.0605. The van der Waals surface area contributed by atoms with Crippen LogP contribution in [0.25, 0.3) is 0 Å². The molecule has 4 N–H and O–H groups in total. The molecule has 1 aromatic heterocycles. The van der Waals surface area contributed by atoms with Crippen LogP contribution in [0.4, 0.5) is 0 Å². The van der Waals surface area contributed by atoms with E-state index in [4.69, 9.17) is 0 Å². The van der Waals surface area contributed by atoms with Crippen LogP contribution in [0.5, 0.6) is 5.88 Å². The normalized spacial score (nSPS) is 25.3. The highest BCUT2D eigenvalue weighted by molar-refractivity contribution is 5.98. The second-order valence-electron chi connectivity index (χ2n) is 5.50. The number of pyridine rings is 1. The first kappa shape index (κ1) is 15.1. The first-order chi connectivity index (χ1) is 9.85. The molecule has 0 saturated heterocycles. The van der Waals surface area contributed by atoms with Crippen molar-refractivity contribution in [3.63, 3.8) is 0 Å². The molecule has 1 heterocycles. The van der Waals surface area contributed by atoms with Crippen molar-refractivity contribution in [3.8, 4) is 5.88 Å². The smallest absolute Gasteiger partial charge is 0.329 e. The van der Waals surface area contributed by atoms with E-state index < -0.39 is 28.9 Å². The number of rotatable bonds is 3. The van der Waals surface area contributed by atoms with Crippen LogP contribution in [0, 0.1) is 5.92 Å². The van der Waals surface area contributed by atoms with E-state index in [1.807, 2.05) is 0 Å². The number of H-pyrrole nitrogens is 1. The summed E-state index contributed by atoms with van der Waals surface area (Å²) in [5.41, 5.74) is -2.01. The Bertz CT molecular complexity index is 624. The molecule has 114 valence electrons. The number of aromatic amines is 1. The molecule has 7 nitrogen and oxygen atoms in total. The Morgan fingerprint density at radius 2 is 2.10 bits per heavy atom. The number of amides is 1. The summed E-state index contributed by atoms with van der Waals surface area (Å²) in [5.74, 6) is -2.39. The van der Waals surface area contributed by atoms with Gasteiger partial charge in [0.2, 0.25) is 0 Å². The van der Waals surface area contributed by atoms with Crippen molar-refractivity contribution in [1.29, 1.82) is 0 Å². The molecule has 7 heteroatoms. The predicted molar refractivity (Wildman–Crippen MR) is 74.2 cm³/mol. The fraction of sp³-hybridized carbons (Fsp3) is 0.500. The fourth-order valence-corrected chi connectivity index (χ4v) is 2.84. The molecule has 1 saturated carbocycles. The summed E-state index contributed by atoms with van der Waals surface area (Å²) in [6, 6.07) is 2.12. The highest BCUT2D eigenvalue weighted by Crippen LogP contribution is 2.34. The van der Waals surface area contributed by atoms with Gasteiger partial charge in [-0.3, -0.25) is 14.6 Å². The molecule has 1 aliphatic rings. The van der Waals surface area contributed by atoms with Gasteiger partial charge in [0.15, 0.2) is 5.88 Å². The number of aromatic hydroxyl groups is 1. The standard InChI is InChI=1S/C14H18N2O5/c1-8-4-2-3-5-14(8,13(20)21)16-12(19)9-6-10(17)15-11(18)7-9/h6-8H,2-5H2,1H3,(H,16,19)(H,20,21)(H2,15,17,18). The lowest BCUT2D eigenvalue weighted by Crippen LogP contribution is -2.60. The monoisotopic (exact) mass is 294 g/mol. The van der Waals surface area contributed by atoms with Crippen molar-refractivity contribution in [2.45, 2.75) is 38.1 Å². The van der Waals surface area contributed by atoms with Crippen LogP contribution in [0.3, 0.4) is 0 Å². The van der Waals surface area contributed by atoms with Crippen LogP contribution < -0.4 is 10.9 Å². The quantitative estimate of drug-likeness (QED) is 0.658. The minimum atomic E-state index is -1.33. The Labute approximate surface area is 121 Å². The Kier molecular flexibility index (Phi) is 4.02. The third kappa shape index (κ3) is 2.91. The number of hydrogen-bond acceptors (Lipinski definition) is 4. The van der Waals surface area contributed by atoms with Crippen molar-refractivity contribution < 1.29 is 19.8 Å². The Morgan fingerprint density at radius 1 is 1.38 bits per heavy atom. The van der Waals surface area contributed by atoms with Gasteiger partial charge in [-0.05, 0) is 18.8 Å². The van der Waals surface area contributed by atoms with Gasteiger partial charge < -0.3 is 15.5 Å². The number of carbonyl (C=O) groups is 2. The highest BCUT2D eigenvalue weighted by atomic mass is 16.4. The van der Waals surface area contributed by atoms with Gasteiger partial charge in [-0.15, -0.1) is 0 Å². The summed E-state index contributed by atoms with van der Waals surface area (Å²) in [6.45, 7) is 1.79. The van der Waals surface area contributed by atoms with Gasteiger partial charge in [-0.1, -0.05) is 19.8 Å².